The predicted octanol–water partition coefficient (Wildman–Crippen LogP) is 2.77. The van der Waals surface area contributed by atoms with E-state index in [1.165, 1.54) is 12.7 Å². The highest BCUT2D eigenvalue weighted by Crippen LogP contribution is 2.38. The van der Waals surface area contributed by atoms with Gasteiger partial charge in [0.1, 0.15) is 24.2 Å². The fraction of sp³-hybridized carbons (Fsp3) is 0. The Kier molecular flexibility index (Phi) is 4.14. The second kappa shape index (κ2) is 6.40. The van der Waals surface area contributed by atoms with Gasteiger partial charge in [0.15, 0.2) is 0 Å². The Hall–Kier alpha value is -3.37. The molecule has 0 atom stereocenters. The van der Waals surface area contributed by atoms with Crippen LogP contribution in [-0.2, 0) is 0 Å². The number of nitrogens with one attached hydrogen (secondary N) is 1. The van der Waals surface area contributed by atoms with E-state index >= 15 is 0 Å². The van der Waals surface area contributed by atoms with Crippen molar-refractivity contribution in [2.45, 2.75) is 0 Å². The van der Waals surface area contributed by atoms with E-state index in [4.69, 9.17) is 0 Å². The number of hydrogen-bond acceptors (Lipinski definition) is 6. The van der Waals surface area contributed by atoms with Crippen molar-refractivity contribution in [3.05, 3.63) is 55.3 Å². The zero-order chi connectivity index (χ0) is 15.6. The lowest BCUT2D eigenvalue weighted by Crippen LogP contribution is -1.92. The summed E-state index contributed by atoms with van der Waals surface area (Å²) in [6.07, 6.45) is 11.6. The van der Waals surface area contributed by atoms with Gasteiger partial charge >= 0.3 is 0 Å². The highest BCUT2D eigenvalue weighted by Gasteiger charge is 2.17. The number of rotatable bonds is 2. The maximum atomic E-state index is 9.43. The molecule has 3 aromatic heterocycles. The molecule has 116 valence electrons. The van der Waals surface area contributed by atoms with Crippen molar-refractivity contribution in [2.24, 2.45) is 0 Å². The number of aromatic amines is 1. The highest BCUT2D eigenvalue weighted by molar-refractivity contribution is 6.04. The Morgan fingerprint density at radius 1 is 0.917 bits per heavy atom. The second-order valence-corrected chi connectivity index (χ2v) is 4.86. The third-order valence-electron chi connectivity index (χ3n) is 3.56. The molecule has 0 unspecified atom stereocenters. The van der Waals surface area contributed by atoms with Crippen molar-refractivity contribution >= 4 is 23.3 Å². The van der Waals surface area contributed by atoms with E-state index in [2.05, 4.69) is 36.2 Å². The van der Waals surface area contributed by atoms with Crippen LogP contribution in [0.3, 0.4) is 0 Å². The average molecular weight is 336 g/mol. The molecule has 0 amide bonds. The summed E-state index contributed by atoms with van der Waals surface area (Å²) in [5, 5.41) is 17.3. The number of aromatic nitrogens is 6. The minimum absolute atomic E-state index is 0. The van der Waals surface area contributed by atoms with Crippen LogP contribution in [0.4, 0.5) is 0 Å². The Bertz CT molecular complexity index is 1020. The first-order chi connectivity index (χ1) is 11.4. The third-order valence-corrected chi connectivity index (χ3v) is 3.56. The number of nitriles is 1. The van der Waals surface area contributed by atoms with Gasteiger partial charge in [-0.1, -0.05) is 0 Å². The predicted molar refractivity (Wildman–Crippen MR) is 90.1 cm³/mol. The zero-order valence-corrected chi connectivity index (χ0v) is 13.0. The largest absolute Gasteiger partial charge is 0.284 e. The molecule has 0 saturated heterocycles. The number of fused-ring (bicyclic) bond motifs is 1. The summed E-state index contributed by atoms with van der Waals surface area (Å²) in [5.74, 6) is 0. The fourth-order valence-corrected chi connectivity index (χ4v) is 2.61. The SMILES string of the molecule is Cl.N#Cc1cc(-c2cncnc2)c(-c2cncnc2)c2c[nH]nc12. The number of halogens is 1. The summed E-state index contributed by atoms with van der Waals surface area (Å²) in [6, 6.07) is 3.99. The van der Waals surface area contributed by atoms with E-state index in [1.807, 2.05) is 0 Å². The molecule has 0 bridgehead atoms. The van der Waals surface area contributed by atoms with Crippen LogP contribution in [0.25, 0.3) is 33.2 Å². The molecule has 1 aromatic carbocycles. The molecule has 0 fully saturated rings. The summed E-state index contributed by atoms with van der Waals surface area (Å²) in [4.78, 5) is 16.3. The van der Waals surface area contributed by atoms with Crippen LogP contribution in [0, 0.1) is 11.3 Å². The first-order valence-electron chi connectivity index (χ1n) is 6.80. The third kappa shape index (κ3) is 2.45. The van der Waals surface area contributed by atoms with Crippen LogP contribution in [-0.4, -0.2) is 30.1 Å². The Morgan fingerprint density at radius 3 is 2.17 bits per heavy atom. The van der Waals surface area contributed by atoms with Gasteiger partial charge in [-0.05, 0) is 11.6 Å². The van der Waals surface area contributed by atoms with Gasteiger partial charge in [-0.15, -0.1) is 12.4 Å². The van der Waals surface area contributed by atoms with Gasteiger partial charge in [0.25, 0.3) is 0 Å². The Morgan fingerprint density at radius 2 is 1.54 bits per heavy atom. The lowest BCUT2D eigenvalue weighted by atomic mass is 9.92. The van der Waals surface area contributed by atoms with Gasteiger partial charge in [0.2, 0.25) is 0 Å². The Balaban J connectivity index is 0.00000169. The number of H-pyrrole nitrogens is 1. The monoisotopic (exact) mass is 335 g/mol. The minimum Gasteiger partial charge on any atom is -0.284 e. The van der Waals surface area contributed by atoms with Crippen molar-refractivity contribution in [3.8, 4) is 28.3 Å². The van der Waals surface area contributed by atoms with Crippen molar-refractivity contribution in [1.29, 1.82) is 5.26 Å². The van der Waals surface area contributed by atoms with Crippen LogP contribution >= 0.6 is 12.4 Å². The Labute approximate surface area is 142 Å². The van der Waals surface area contributed by atoms with Crippen molar-refractivity contribution in [1.82, 2.24) is 30.1 Å². The van der Waals surface area contributed by atoms with Crippen LogP contribution < -0.4 is 0 Å². The highest BCUT2D eigenvalue weighted by atomic mass is 35.5. The van der Waals surface area contributed by atoms with Crippen molar-refractivity contribution in [3.63, 3.8) is 0 Å². The molecule has 7 nitrogen and oxygen atoms in total. The average Bonchev–Trinajstić information content (AvgIpc) is 3.11. The van der Waals surface area contributed by atoms with Crippen molar-refractivity contribution in [2.75, 3.05) is 0 Å². The lowest BCUT2D eigenvalue weighted by Gasteiger charge is -2.11. The van der Waals surface area contributed by atoms with Crippen LogP contribution in [0.1, 0.15) is 5.56 Å². The van der Waals surface area contributed by atoms with Gasteiger partial charge in [-0.25, -0.2) is 19.9 Å². The van der Waals surface area contributed by atoms with Crippen molar-refractivity contribution < 1.29 is 0 Å². The number of benzene rings is 1. The van der Waals surface area contributed by atoms with E-state index in [9.17, 15) is 5.26 Å². The topological polar surface area (TPSA) is 104 Å². The molecular weight excluding hydrogens is 326 g/mol. The molecule has 24 heavy (non-hydrogen) atoms. The maximum Gasteiger partial charge on any atom is 0.115 e. The summed E-state index contributed by atoms with van der Waals surface area (Å²) in [6.45, 7) is 0. The van der Waals surface area contributed by atoms with E-state index < -0.39 is 0 Å². The summed E-state index contributed by atoms with van der Waals surface area (Å²) < 4.78 is 0. The summed E-state index contributed by atoms with van der Waals surface area (Å²) in [5.41, 5.74) is 4.48. The molecule has 0 radical (unpaired) electrons. The summed E-state index contributed by atoms with van der Waals surface area (Å²) in [7, 11) is 0. The molecule has 0 spiro atoms. The molecule has 0 saturated carbocycles. The van der Waals surface area contributed by atoms with Gasteiger partial charge in [0, 0.05) is 53.1 Å². The van der Waals surface area contributed by atoms with E-state index in [0.29, 0.717) is 11.1 Å². The molecule has 3 heterocycles. The number of nitrogens with zero attached hydrogens (tertiary/aromatic N) is 6. The van der Waals surface area contributed by atoms with Gasteiger partial charge < -0.3 is 0 Å². The molecule has 8 heteroatoms. The van der Waals surface area contributed by atoms with E-state index in [0.717, 1.165) is 27.6 Å². The maximum absolute atomic E-state index is 9.43. The molecule has 0 aliphatic rings. The standard InChI is InChI=1S/C16H9N7.ClH/c17-2-10-1-13(11-3-18-8-19-4-11)15(12-5-20-9-21-6-12)14-7-22-23-16(10)14;/h1,3-9H,(H,22,23);1H. The van der Waals surface area contributed by atoms with Gasteiger partial charge in [-0.3, -0.25) is 5.10 Å². The van der Waals surface area contributed by atoms with Crippen LogP contribution in [0.5, 0.6) is 0 Å². The molecular formula is C16H10ClN7. The zero-order valence-electron chi connectivity index (χ0n) is 12.2. The van der Waals surface area contributed by atoms with E-state index in [-0.39, 0.29) is 12.4 Å². The number of hydrogen-bond donors (Lipinski definition) is 1. The van der Waals surface area contributed by atoms with Gasteiger partial charge in [-0.2, -0.15) is 10.4 Å². The molecule has 4 rings (SSSR count). The van der Waals surface area contributed by atoms with E-state index in [1.54, 1.807) is 37.1 Å². The molecule has 1 N–H and O–H groups in total. The lowest BCUT2D eigenvalue weighted by molar-refractivity contribution is 1.12. The second-order valence-electron chi connectivity index (χ2n) is 4.86. The molecule has 0 aliphatic heterocycles. The summed E-state index contributed by atoms with van der Waals surface area (Å²) >= 11 is 0. The van der Waals surface area contributed by atoms with Crippen LogP contribution in [0.2, 0.25) is 0 Å². The quantitative estimate of drug-likeness (QED) is 0.604. The molecule has 4 aromatic rings. The minimum atomic E-state index is 0. The smallest absolute Gasteiger partial charge is 0.115 e. The normalized spacial score (nSPS) is 10.1. The first-order valence-corrected chi connectivity index (χ1v) is 6.80. The fourth-order valence-electron chi connectivity index (χ4n) is 2.61. The molecule has 0 aliphatic carbocycles. The van der Waals surface area contributed by atoms with Gasteiger partial charge in [0.05, 0.1) is 5.56 Å². The first kappa shape index (κ1) is 15.5. The van der Waals surface area contributed by atoms with Crippen LogP contribution in [0.15, 0.2) is 49.7 Å².